The first-order chi connectivity index (χ1) is 7.63. The van der Waals surface area contributed by atoms with Crippen LogP contribution in [0.25, 0.3) is 0 Å². The molecular formula is C10H20N2O4S. The average Bonchev–Trinajstić information content (AvgIpc) is 2.16. The molecule has 6 nitrogen and oxygen atoms in total. The zero-order valence-corrected chi connectivity index (χ0v) is 11.2. The van der Waals surface area contributed by atoms with Gasteiger partial charge in [0.05, 0.1) is 6.26 Å². The zero-order chi connectivity index (χ0) is 13.3. The second-order valence-corrected chi connectivity index (χ2v) is 6.99. The topological polar surface area (TPSA) is 86.7 Å². The molecule has 0 aliphatic carbocycles. The van der Waals surface area contributed by atoms with E-state index in [1.165, 1.54) is 10.6 Å². The number of rotatable bonds is 4. The van der Waals surface area contributed by atoms with Crippen molar-refractivity contribution in [1.82, 2.24) is 9.62 Å². The van der Waals surface area contributed by atoms with Gasteiger partial charge in [-0.05, 0) is 26.7 Å². The normalized spacial score (nSPS) is 20.4. The standard InChI is InChI=1S/C10H20N2O4S/c1-10(2,9(13)14)11-8-4-6-12(7-5-8)17(3,15)16/h8,11H,4-7H2,1-3H3,(H,13,14). The van der Waals surface area contributed by atoms with Crippen LogP contribution in [-0.4, -0.2) is 54.7 Å². The van der Waals surface area contributed by atoms with Gasteiger partial charge < -0.3 is 5.11 Å². The Labute approximate surface area is 102 Å². The minimum atomic E-state index is -3.12. The van der Waals surface area contributed by atoms with Gasteiger partial charge >= 0.3 is 5.97 Å². The average molecular weight is 264 g/mol. The summed E-state index contributed by atoms with van der Waals surface area (Å²) in [5.41, 5.74) is -0.974. The molecule has 0 amide bonds. The quantitative estimate of drug-likeness (QED) is 0.738. The molecule has 1 fully saturated rings. The molecule has 0 aromatic rings. The molecule has 0 atom stereocenters. The van der Waals surface area contributed by atoms with Gasteiger partial charge in [0.1, 0.15) is 5.54 Å². The first-order valence-electron chi connectivity index (χ1n) is 5.59. The highest BCUT2D eigenvalue weighted by Crippen LogP contribution is 2.16. The van der Waals surface area contributed by atoms with Gasteiger partial charge in [-0.3, -0.25) is 10.1 Å². The lowest BCUT2D eigenvalue weighted by Crippen LogP contribution is -2.55. The van der Waals surface area contributed by atoms with Crippen molar-refractivity contribution in [2.45, 2.75) is 38.3 Å². The van der Waals surface area contributed by atoms with Crippen molar-refractivity contribution in [2.75, 3.05) is 19.3 Å². The summed E-state index contributed by atoms with van der Waals surface area (Å²) in [6, 6.07) is 0.0547. The van der Waals surface area contributed by atoms with Gasteiger partial charge in [0, 0.05) is 19.1 Å². The highest BCUT2D eigenvalue weighted by Gasteiger charge is 2.32. The molecule has 1 heterocycles. The molecule has 1 saturated heterocycles. The van der Waals surface area contributed by atoms with Crippen LogP contribution in [0, 0.1) is 0 Å². The van der Waals surface area contributed by atoms with Crippen molar-refractivity contribution in [3.05, 3.63) is 0 Å². The van der Waals surface area contributed by atoms with E-state index >= 15 is 0 Å². The van der Waals surface area contributed by atoms with E-state index in [4.69, 9.17) is 5.11 Å². The monoisotopic (exact) mass is 264 g/mol. The Kier molecular flexibility index (Phi) is 4.16. The van der Waals surface area contributed by atoms with Crippen molar-refractivity contribution in [3.63, 3.8) is 0 Å². The van der Waals surface area contributed by atoms with E-state index in [0.29, 0.717) is 25.9 Å². The Bertz CT molecular complexity index is 383. The lowest BCUT2D eigenvalue weighted by atomic mass is 9.99. The first kappa shape index (κ1) is 14.4. The van der Waals surface area contributed by atoms with Crippen LogP contribution >= 0.6 is 0 Å². The molecule has 0 radical (unpaired) electrons. The summed E-state index contributed by atoms with van der Waals surface area (Å²) >= 11 is 0. The fourth-order valence-electron chi connectivity index (χ4n) is 1.90. The van der Waals surface area contributed by atoms with Crippen molar-refractivity contribution in [2.24, 2.45) is 0 Å². The van der Waals surface area contributed by atoms with Gasteiger partial charge in [-0.15, -0.1) is 0 Å². The van der Waals surface area contributed by atoms with Gasteiger partial charge in [0.25, 0.3) is 0 Å². The number of carboxylic acids is 1. The predicted molar refractivity (Wildman–Crippen MR) is 64.3 cm³/mol. The Morgan fingerprint density at radius 1 is 1.35 bits per heavy atom. The van der Waals surface area contributed by atoms with Gasteiger partial charge in [-0.25, -0.2) is 12.7 Å². The number of nitrogens with zero attached hydrogens (tertiary/aromatic N) is 1. The summed E-state index contributed by atoms with van der Waals surface area (Å²) in [4.78, 5) is 10.9. The molecular weight excluding hydrogens is 244 g/mol. The number of aliphatic carboxylic acids is 1. The Morgan fingerprint density at radius 2 is 1.82 bits per heavy atom. The van der Waals surface area contributed by atoms with E-state index in [9.17, 15) is 13.2 Å². The Hall–Kier alpha value is -0.660. The predicted octanol–water partition coefficient (Wildman–Crippen LogP) is -0.137. The fraction of sp³-hybridized carbons (Fsp3) is 0.900. The molecule has 0 bridgehead atoms. The maximum atomic E-state index is 11.3. The summed E-state index contributed by atoms with van der Waals surface area (Å²) in [6.45, 7) is 4.12. The maximum Gasteiger partial charge on any atom is 0.323 e. The second kappa shape index (κ2) is 4.91. The smallest absolute Gasteiger partial charge is 0.323 e. The molecule has 1 aliphatic rings. The highest BCUT2D eigenvalue weighted by molar-refractivity contribution is 7.88. The van der Waals surface area contributed by atoms with E-state index in [1.807, 2.05) is 0 Å². The van der Waals surface area contributed by atoms with Crippen molar-refractivity contribution >= 4 is 16.0 Å². The third-order valence-electron chi connectivity index (χ3n) is 3.02. The van der Waals surface area contributed by atoms with Crippen molar-refractivity contribution < 1.29 is 18.3 Å². The number of sulfonamides is 1. The van der Waals surface area contributed by atoms with Crippen LogP contribution in [0.5, 0.6) is 0 Å². The molecule has 17 heavy (non-hydrogen) atoms. The highest BCUT2D eigenvalue weighted by atomic mass is 32.2. The van der Waals surface area contributed by atoms with E-state index in [2.05, 4.69) is 5.32 Å². The molecule has 0 aromatic heterocycles. The van der Waals surface area contributed by atoms with E-state index in [1.54, 1.807) is 13.8 Å². The summed E-state index contributed by atoms with van der Waals surface area (Å²) in [6.07, 6.45) is 2.48. The number of hydrogen-bond acceptors (Lipinski definition) is 4. The number of piperidine rings is 1. The molecule has 100 valence electrons. The molecule has 1 rings (SSSR count). The molecule has 0 unspecified atom stereocenters. The number of carboxylic acid groups (broad SMARTS) is 1. The van der Waals surface area contributed by atoms with Crippen LogP contribution in [-0.2, 0) is 14.8 Å². The van der Waals surface area contributed by atoms with Crippen LogP contribution in [0.4, 0.5) is 0 Å². The minimum absolute atomic E-state index is 0.0547. The molecule has 0 aromatic carbocycles. The van der Waals surface area contributed by atoms with E-state index in [0.717, 1.165) is 0 Å². The lowest BCUT2D eigenvalue weighted by molar-refractivity contribution is -0.143. The molecule has 1 aliphatic heterocycles. The van der Waals surface area contributed by atoms with Crippen molar-refractivity contribution in [3.8, 4) is 0 Å². The third-order valence-corrected chi connectivity index (χ3v) is 4.33. The number of nitrogens with one attached hydrogen (secondary N) is 1. The van der Waals surface area contributed by atoms with Crippen LogP contribution in [0.2, 0.25) is 0 Å². The lowest BCUT2D eigenvalue weighted by Gasteiger charge is -2.34. The molecule has 7 heteroatoms. The fourth-order valence-corrected chi connectivity index (χ4v) is 2.78. The largest absolute Gasteiger partial charge is 0.480 e. The summed E-state index contributed by atoms with van der Waals surface area (Å²) < 4.78 is 24.0. The first-order valence-corrected chi connectivity index (χ1v) is 7.44. The maximum absolute atomic E-state index is 11.3. The number of carbonyl (C=O) groups is 1. The van der Waals surface area contributed by atoms with Gasteiger partial charge in [-0.2, -0.15) is 0 Å². The number of hydrogen-bond donors (Lipinski definition) is 2. The van der Waals surface area contributed by atoms with Crippen LogP contribution in [0.3, 0.4) is 0 Å². The van der Waals surface area contributed by atoms with E-state index < -0.39 is 21.5 Å². The minimum Gasteiger partial charge on any atom is -0.480 e. The summed E-state index contributed by atoms with van der Waals surface area (Å²) in [7, 11) is -3.12. The summed E-state index contributed by atoms with van der Waals surface area (Å²) in [5, 5.41) is 12.0. The van der Waals surface area contributed by atoms with Gasteiger partial charge in [-0.1, -0.05) is 0 Å². The van der Waals surface area contributed by atoms with Crippen LogP contribution < -0.4 is 5.32 Å². The van der Waals surface area contributed by atoms with Crippen LogP contribution in [0.1, 0.15) is 26.7 Å². The Balaban J connectivity index is 2.51. The Morgan fingerprint density at radius 3 is 2.18 bits per heavy atom. The molecule has 2 N–H and O–H groups in total. The summed E-state index contributed by atoms with van der Waals surface area (Å²) in [5.74, 6) is -0.900. The van der Waals surface area contributed by atoms with Gasteiger partial charge in [0.2, 0.25) is 10.0 Å². The SMILES string of the molecule is CC(C)(NC1CCN(S(C)(=O)=O)CC1)C(=O)O. The van der Waals surface area contributed by atoms with E-state index in [-0.39, 0.29) is 6.04 Å². The van der Waals surface area contributed by atoms with Gasteiger partial charge in [0.15, 0.2) is 0 Å². The zero-order valence-electron chi connectivity index (χ0n) is 10.4. The molecule has 0 spiro atoms. The second-order valence-electron chi connectivity index (χ2n) is 5.01. The van der Waals surface area contributed by atoms with Crippen LogP contribution in [0.15, 0.2) is 0 Å². The third kappa shape index (κ3) is 3.93. The molecule has 0 saturated carbocycles. The van der Waals surface area contributed by atoms with Crippen molar-refractivity contribution in [1.29, 1.82) is 0 Å².